The van der Waals surface area contributed by atoms with Gasteiger partial charge in [-0.2, -0.15) is 0 Å². The highest BCUT2D eigenvalue weighted by atomic mass is 19.3. The molecule has 1 fully saturated rings. The van der Waals surface area contributed by atoms with E-state index in [1.165, 1.54) is 12.1 Å². The van der Waals surface area contributed by atoms with Crippen LogP contribution in [0.3, 0.4) is 0 Å². The number of anilines is 1. The molecule has 0 radical (unpaired) electrons. The van der Waals surface area contributed by atoms with E-state index in [4.69, 9.17) is 9.47 Å². The number of nitrogens with one attached hydrogen (secondary N) is 1. The Morgan fingerprint density at radius 1 is 1.28 bits per heavy atom. The standard InChI is InChI=1S/C26H27F3N4O3/c1-14-31-23-19-8-11-35-24(19)21(36-17-6-9-33(10-7-17)15(2)34)12-20(23)26(32-14)30-13-16-4-3-5-18(22(16)27)25(28)29/h3-5,12,17,25H,6-11,13H2,1-2H3,(H,30,31,32). The highest BCUT2D eigenvalue weighted by molar-refractivity contribution is 5.95. The number of benzene rings is 2. The molecular formula is C26H27F3N4O3. The minimum atomic E-state index is -2.89. The molecule has 3 aromatic rings. The molecule has 10 heteroatoms. The molecule has 0 bridgehead atoms. The van der Waals surface area contributed by atoms with E-state index in [-0.39, 0.29) is 24.1 Å². The van der Waals surface area contributed by atoms with Crippen LogP contribution in [0.2, 0.25) is 0 Å². The maximum atomic E-state index is 14.6. The lowest BCUT2D eigenvalue weighted by atomic mass is 10.0. The van der Waals surface area contributed by atoms with Gasteiger partial charge < -0.3 is 19.7 Å². The maximum Gasteiger partial charge on any atom is 0.266 e. The SMILES string of the molecule is CC(=O)N1CCC(Oc2cc3c(NCc4cccc(C(F)F)c4F)nc(C)nc3c3c2OCC3)CC1. The Balaban J connectivity index is 1.46. The van der Waals surface area contributed by atoms with E-state index >= 15 is 0 Å². The Bertz CT molecular complexity index is 1310. The third-order valence-corrected chi connectivity index (χ3v) is 6.69. The van der Waals surface area contributed by atoms with Crippen LogP contribution in [0.15, 0.2) is 24.3 Å². The van der Waals surface area contributed by atoms with Crippen LogP contribution in [0.25, 0.3) is 10.9 Å². The average molecular weight is 501 g/mol. The molecule has 1 amide bonds. The lowest BCUT2D eigenvalue weighted by Crippen LogP contribution is -2.40. The summed E-state index contributed by atoms with van der Waals surface area (Å²) >= 11 is 0. The van der Waals surface area contributed by atoms with E-state index < -0.39 is 17.8 Å². The van der Waals surface area contributed by atoms with E-state index in [2.05, 4.69) is 15.3 Å². The third-order valence-electron chi connectivity index (χ3n) is 6.69. The number of nitrogens with zero attached hydrogens (tertiary/aromatic N) is 3. The molecular weight excluding hydrogens is 473 g/mol. The van der Waals surface area contributed by atoms with E-state index in [0.717, 1.165) is 17.1 Å². The monoisotopic (exact) mass is 500 g/mol. The molecule has 0 spiro atoms. The average Bonchev–Trinajstić information content (AvgIpc) is 3.35. The maximum absolute atomic E-state index is 14.6. The summed E-state index contributed by atoms with van der Waals surface area (Å²) in [6, 6.07) is 5.79. The Morgan fingerprint density at radius 2 is 2.06 bits per heavy atom. The number of aromatic nitrogens is 2. The predicted octanol–water partition coefficient (Wildman–Crippen LogP) is 4.95. The van der Waals surface area contributed by atoms with Crippen molar-refractivity contribution in [1.82, 2.24) is 14.9 Å². The summed E-state index contributed by atoms with van der Waals surface area (Å²) in [7, 11) is 0. The number of hydrogen-bond donors (Lipinski definition) is 1. The second-order valence-corrected chi connectivity index (χ2v) is 9.09. The number of piperidine rings is 1. The van der Waals surface area contributed by atoms with Crippen molar-refractivity contribution in [1.29, 1.82) is 0 Å². The van der Waals surface area contributed by atoms with Crippen molar-refractivity contribution in [2.24, 2.45) is 0 Å². The number of aryl methyl sites for hydroxylation is 1. The fourth-order valence-corrected chi connectivity index (χ4v) is 4.82. The number of fused-ring (bicyclic) bond motifs is 3. The molecule has 1 aromatic heterocycles. The molecule has 0 atom stereocenters. The summed E-state index contributed by atoms with van der Waals surface area (Å²) in [5, 5.41) is 3.80. The first-order chi connectivity index (χ1) is 17.3. The minimum Gasteiger partial charge on any atom is -0.489 e. The number of likely N-dealkylation sites (tertiary alicyclic amines) is 1. The third kappa shape index (κ3) is 4.64. The summed E-state index contributed by atoms with van der Waals surface area (Å²) in [6.07, 6.45) is -0.882. The Morgan fingerprint density at radius 3 is 2.78 bits per heavy atom. The molecule has 0 aliphatic carbocycles. The van der Waals surface area contributed by atoms with E-state index in [1.54, 1.807) is 13.8 Å². The predicted molar refractivity (Wildman–Crippen MR) is 128 cm³/mol. The second-order valence-electron chi connectivity index (χ2n) is 9.09. The van der Waals surface area contributed by atoms with Crippen molar-refractivity contribution in [3.05, 3.63) is 52.6 Å². The molecule has 5 rings (SSSR count). The Hall–Kier alpha value is -3.56. The first-order valence-electron chi connectivity index (χ1n) is 12.0. The van der Waals surface area contributed by atoms with Crippen LogP contribution >= 0.6 is 0 Å². The Labute approximate surface area is 206 Å². The second kappa shape index (κ2) is 9.83. The van der Waals surface area contributed by atoms with Crippen molar-refractivity contribution in [2.45, 2.75) is 52.2 Å². The summed E-state index contributed by atoms with van der Waals surface area (Å²) in [5.41, 5.74) is 1.14. The molecule has 1 N–H and O–H groups in total. The molecule has 7 nitrogen and oxygen atoms in total. The fourth-order valence-electron chi connectivity index (χ4n) is 4.82. The van der Waals surface area contributed by atoms with Gasteiger partial charge in [0.05, 0.1) is 17.7 Å². The lowest BCUT2D eigenvalue weighted by molar-refractivity contribution is -0.130. The zero-order valence-electron chi connectivity index (χ0n) is 20.1. The number of ether oxygens (including phenoxy) is 2. The molecule has 2 aliphatic rings. The molecule has 3 heterocycles. The van der Waals surface area contributed by atoms with Gasteiger partial charge in [-0.25, -0.2) is 23.1 Å². The van der Waals surface area contributed by atoms with Gasteiger partial charge in [0.15, 0.2) is 11.5 Å². The fraction of sp³-hybridized carbons (Fsp3) is 0.423. The van der Waals surface area contributed by atoms with E-state index in [0.29, 0.717) is 67.5 Å². The van der Waals surface area contributed by atoms with Crippen LogP contribution in [-0.4, -0.2) is 46.6 Å². The molecule has 1 saturated heterocycles. The van der Waals surface area contributed by atoms with Crippen LogP contribution < -0.4 is 14.8 Å². The van der Waals surface area contributed by atoms with Crippen LogP contribution in [-0.2, 0) is 17.8 Å². The van der Waals surface area contributed by atoms with Gasteiger partial charge in [-0.3, -0.25) is 4.79 Å². The highest BCUT2D eigenvalue weighted by Gasteiger charge is 2.28. The molecule has 36 heavy (non-hydrogen) atoms. The zero-order valence-corrected chi connectivity index (χ0v) is 20.1. The molecule has 0 unspecified atom stereocenters. The number of carbonyl (C=O) groups is 1. The smallest absolute Gasteiger partial charge is 0.266 e. The van der Waals surface area contributed by atoms with E-state index in [9.17, 15) is 18.0 Å². The summed E-state index contributed by atoms with van der Waals surface area (Å²) < 4.78 is 53.1. The van der Waals surface area contributed by atoms with E-state index in [1.807, 2.05) is 11.0 Å². The van der Waals surface area contributed by atoms with Crippen LogP contribution in [0.5, 0.6) is 11.5 Å². The van der Waals surface area contributed by atoms with Crippen molar-refractivity contribution in [2.75, 3.05) is 25.0 Å². The van der Waals surface area contributed by atoms with Crippen LogP contribution in [0.4, 0.5) is 19.0 Å². The summed E-state index contributed by atoms with van der Waals surface area (Å²) in [4.78, 5) is 22.6. The summed E-state index contributed by atoms with van der Waals surface area (Å²) in [6.45, 7) is 5.08. The van der Waals surface area contributed by atoms with Crippen molar-refractivity contribution < 1.29 is 27.4 Å². The van der Waals surface area contributed by atoms with Gasteiger partial charge in [-0.15, -0.1) is 0 Å². The first-order valence-corrected chi connectivity index (χ1v) is 12.0. The number of rotatable bonds is 6. The van der Waals surface area contributed by atoms with Gasteiger partial charge in [-0.05, 0) is 13.0 Å². The van der Waals surface area contributed by atoms with Gasteiger partial charge in [0.1, 0.15) is 23.6 Å². The Kier molecular flexibility index (Phi) is 6.59. The lowest BCUT2D eigenvalue weighted by Gasteiger charge is -2.31. The number of hydrogen-bond acceptors (Lipinski definition) is 6. The van der Waals surface area contributed by atoms with Crippen molar-refractivity contribution in [3.8, 4) is 11.5 Å². The molecule has 190 valence electrons. The number of carbonyl (C=O) groups excluding carboxylic acids is 1. The molecule has 2 aliphatic heterocycles. The number of amides is 1. The largest absolute Gasteiger partial charge is 0.489 e. The molecule has 0 saturated carbocycles. The topological polar surface area (TPSA) is 76.6 Å². The normalized spacial score (nSPS) is 15.8. The minimum absolute atomic E-state index is 0.0226. The van der Waals surface area contributed by atoms with Crippen molar-refractivity contribution >= 4 is 22.6 Å². The highest BCUT2D eigenvalue weighted by Crippen LogP contribution is 2.43. The van der Waals surface area contributed by atoms with Gasteiger partial charge in [0, 0.05) is 62.3 Å². The quantitative estimate of drug-likeness (QED) is 0.516. The van der Waals surface area contributed by atoms with Gasteiger partial charge in [0.2, 0.25) is 5.91 Å². The van der Waals surface area contributed by atoms with Crippen LogP contribution in [0.1, 0.15) is 48.7 Å². The zero-order chi connectivity index (χ0) is 25.4. The van der Waals surface area contributed by atoms with Crippen LogP contribution in [0, 0.1) is 12.7 Å². The summed E-state index contributed by atoms with van der Waals surface area (Å²) in [5.74, 6) is 1.36. The van der Waals surface area contributed by atoms with Gasteiger partial charge in [-0.1, -0.05) is 18.2 Å². The van der Waals surface area contributed by atoms with Gasteiger partial charge in [0.25, 0.3) is 6.43 Å². The van der Waals surface area contributed by atoms with Crippen molar-refractivity contribution in [3.63, 3.8) is 0 Å². The number of halogens is 3. The number of alkyl halides is 2. The molecule has 2 aromatic carbocycles. The van der Waals surface area contributed by atoms with Gasteiger partial charge >= 0.3 is 0 Å². The first kappa shape index (κ1) is 24.1.